The molecule has 2 heterocycles. The van der Waals surface area contributed by atoms with Gasteiger partial charge in [-0.2, -0.15) is 0 Å². The summed E-state index contributed by atoms with van der Waals surface area (Å²) in [6, 6.07) is 8.15. The summed E-state index contributed by atoms with van der Waals surface area (Å²) in [7, 11) is 0. The molecule has 0 fully saturated rings. The lowest BCUT2D eigenvalue weighted by molar-refractivity contribution is 0.130. The number of guanidine groups is 1. The number of hydrogen-bond acceptors (Lipinski definition) is 4. The van der Waals surface area contributed by atoms with Crippen molar-refractivity contribution in [1.82, 2.24) is 4.90 Å². The fraction of sp³-hybridized carbons (Fsp3) is 0.357. The molecule has 1 unspecified atom stereocenters. The monoisotopic (exact) mass is 243 g/mol. The molecule has 0 radical (unpaired) electrons. The van der Waals surface area contributed by atoms with E-state index in [-0.39, 0.29) is 5.54 Å². The Morgan fingerprint density at radius 1 is 1.50 bits per heavy atom. The fourth-order valence-electron chi connectivity index (χ4n) is 2.89. The van der Waals surface area contributed by atoms with Crippen LogP contribution in [0.2, 0.25) is 0 Å². The molecule has 0 saturated carbocycles. The normalized spacial score (nSPS) is 25.6. The van der Waals surface area contributed by atoms with Crippen molar-refractivity contribution in [3.05, 3.63) is 42.5 Å². The summed E-state index contributed by atoms with van der Waals surface area (Å²) < 4.78 is 5.73. The van der Waals surface area contributed by atoms with E-state index in [0.29, 0.717) is 25.7 Å². The lowest BCUT2D eigenvalue weighted by atomic mass is 9.83. The number of hydrogen-bond donors (Lipinski definition) is 1. The predicted molar refractivity (Wildman–Crippen MR) is 71.6 cm³/mol. The van der Waals surface area contributed by atoms with Gasteiger partial charge in [0, 0.05) is 18.5 Å². The highest BCUT2D eigenvalue weighted by molar-refractivity contribution is 5.82. The van der Waals surface area contributed by atoms with Crippen LogP contribution in [0.25, 0.3) is 0 Å². The molecule has 1 atom stereocenters. The molecular weight excluding hydrogens is 226 g/mol. The third-order valence-corrected chi connectivity index (χ3v) is 3.77. The van der Waals surface area contributed by atoms with E-state index in [0.717, 1.165) is 12.2 Å². The molecular formula is C14H17N3O. The zero-order valence-electron chi connectivity index (χ0n) is 10.3. The van der Waals surface area contributed by atoms with Gasteiger partial charge in [-0.1, -0.05) is 24.3 Å². The number of nitrogens with two attached hydrogens (primary N) is 1. The fourth-order valence-corrected chi connectivity index (χ4v) is 2.89. The standard InChI is InChI=1S/C14H17N3O/c1-2-8-17-13(15)16-10-14(17)7-9-18-12-6-4-3-5-11(12)14/h2-6H,1,7-10H2,(H2,15,16). The van der Waals surface area contributed by atoms with Crippen LogP contribution in [0.3, 0.4) is 0 Å². The molecule has 94 valence electrons. The average molecular weight is 243 g/mol. The minimum atomic E-state index is -0.146. The Morgan fingerprint density at radius 2 is 2.33 bits per heavy atom. The highest BCUT2D eigenvalue weighted by atomic mass is 16.5. The van der Waals surface area contributed by atoms with Crippen LogP contribution in [0.15, 0.2) is 41.9 Å². The lowest BCUT2D eigenvalue weighted by Crippen LogP contribution is -2.51. The topological polar surface area (TPSA) is 50.8 Å². The van der Waals surface area contributed by atoms with Crippen LogP contribution in [-0.2, 0) is 5.54 Å². The van der Waals surface area contributed by atoms with E-state index >= 15 is 0 Å². The Morgan fingerprint density at radius 3 is 3.17 bits per heavy atom. The third kappa shape index (κ3) is 1.41. The van der Waals surface area contributed by atoms with E-state index in [1.54, 1.807) is 0 Å². The Kier molecular flexibility index (Phi) is 2.51. The van der Waals surface area contributed by atoms with Crippen molar-refractivity contribution in [1.29, 1.82) is 0 Å². The van der Waals surface area contributed by atoms with Gasteiger partial charge in [-0.05, 0) is 6.07 Å². The van der Waals surface area contributed by atoms with Crippen molar-refractivity contribution in [3.63, 3.8) is 0 Å². The van der Waals surface area contributed by atoms with E-state index in [9.17, 15) is 0 Å². The molecule has 1 spiro atoms. The van der Waals surface area contributed by atoms with Crippen LogP contribution in [-0.4, -0.2) is 30.6 Å². The molecule has 2 aliphatic heterocycles. The molecule has 4 nitrogen and oxygen atoms in total. The molecule has 1 aromatic carbocycles. The number of aliphatic imine (C=N–C) groups is 1. The quantitative estimate of drug-likeness (QED) is 0.800. The second-order valence-corrected chi connectivity index (χ2v) is 4.70. The first-order valence-corrected chi connectivity index (χ1v) is 6.19. The zero-order chi connectivity index (χ0) is 12.6. The minimum absolute atomic E-state index is 0.146. The average Bonchev–Trinajstić information content (AvgIpc) is 2.70. The highest BCUT2D eigenvalue weighted by Gasteiger charge is 2.46. The number of para-hydroxylation sites is 1. The van der Waals surface area contributed by atoms with Gasteiger partial charge in [0.15, 0.2) is 5.96 Å². The molecule has 0 amide bonds. The van der Waals surface area contributed by atoms with Crippen LogP contribution in [0.5, 0.6) is 5.75 Å². The summed E-state index contributed by atoms with van der Waals surface area (Å²) in [4.78, 5) is 6.57. The lowest BCUT2D eigenvalue weighted by Gasteiger charge is -2.42. The summed E-state index contributed by atoms with van der Waals surface area (Å²) in [6.45, 7) is 5.92. The second kappa shape index (κ2) is 4.05. The van der Waals surface area contributed by atoms with Crippen molar-refractivity contribution in [3.8, 4) is 5.75 Å². The molecule has 2 aliphatic rings. The van der Waals surface area contributed by atoms with Gasteiger partial charge >= 0.3 is 0 Å². The van der Waals surface area contributed by atoms with E-state index in [2.05, 4.69) is 22.5 Å². The maximum Gasteiger partial charge on any atom is 0.192 e. The number of nitrogens with zero attached hydrogens (tertiary/aromatic N) is 2. The summed E-state index contributed by atoms with van der Waals surface area (Å²) in [5.74, 6) is 1.55. The third-order valence-electron chi connectivity index (χ3n) is 3.77. The first kappa shape index (κ1) is 11.1. The first-order chi connectivity index (χ1) is 8.78. The van der Waals surface area contributed by atoms with Crippen LogP contribution in [0, 0.1) is 0 Å². The number of ether oxygens (including phenoxy) is 1. The van der Waals surface area contributed by atoms with Gasteiger partial charge in [0.05, 0.1) is 18.7 Å². The Hall–Kier alpha value is -1.97. The van der Waals surface area contributed by atoms with Crippen molar-refractivity contribution >= 4 is 5.96 Å². The van der Waals surface area contributed by atoms with Gasteiger partial charge in [0.2, 0.25) is 0 Å². The minimum Gasteiger partial charge on any atom is -0.493 e. The van der Waals surface area contributed by atoms with Crippen molar-refractivity contribution < 1.29 is 4.74 Å². The largest absolute Gasteiger partial charge is 0.493 e. The smallest absolute Gasteiger partial charge is 0.192 e. The highest BCUT2D eigenvalue weighted by Crippen LogP contribution is 2.43. The Bertz CT molecular complexity index is 512. The second-order valence-electron chi connectivity index (χ2n) is 4.70. The molecule has 4 heteroatoms. The van der Waals surface area contributed by atoms with Crippen LogP contribution in [0.1, 0.15) is 12.0 Å². The van der Waals surface area contributed by atoms with Crippen molar-refractivity contribution in [2.75, 3.05) is 19.7 Å². The van der Waals surface area contributed by atoms with Crippen molar-refractivity contribution in [2.45, 2.75) is 12.0 Å². The molecule has 0 bridgehead atoms. The maximum atomic E-state index is 6.02. The predicted octanol–water partition coefficient (Wildman–Crippen LogP) is 1.48. The first-order valence-electron chi connectivity index (χ1n) is 6.19. The van der Waals surface area contributed by atoms with Crippen LogP contribution < -0.4 is 10.5 Å². The van der Waals surface area contributed by atoms with Gasteiger partial charge in [-0.15, -0.1) is 6.58 Å². The molecule has 0 aromatic heterocycles. The van der Waals surface area contributed by atoms with Gasteiger partial charge in [-0.3, -0.25) is 4.99 Å². The SMILES string of the molecule is C=CCN1C(N)=NCC12CCOc1ccccc12. The van der Waals surface area contributed by atoms with E-state index < -0.39 is 0 Å². The number of rotatable bonds is 2. The van der Waals surface area contributed by atoms with E-state index in [4.69, 9.17) is 10.5 Å². The molecule has 2 N–H and O–H groups in total. The van der Waals surface area contributed by atoms with Crippen LogP contribution >= 0.6 is 0 Å². The summed E-state index contributed by atoms with van der Waals surface area (Å²) in [5.41, 5.74) is 7.05. The van der Waals surface area contributed by atoms with Gasteiger partial charge in [0.1, 0.15) is 5.75 Å². The molecule has 3 rings (SSSR count). The Balaban J connectivity index is 2.09. The van der Waals surface area contributed by atoms with Gasteiger partial charge < -0.3 is 15.4 Å². The number of benzene rings is 1. The summed E-state index contributed by atoms with van der Waals surface area (Å²) in [5, 5.41) is 0. The number of fused-ring (bicyclic) bond motifs is 2. The maximum absolute atomic E-state index is 6.02. The zero-order valence-corrected chi connectivity index (χ0v) is 10.3. The van der Waals surface area contributed by atoms with Gasteiger partial charge in [0.25, 0.3) is 0 Å². The van der Waals surface area contributed by atoms with Crippen LogP contribution in [0.4, 0.5) is 0 Å². The Labute approximate surface area is 107 Å². The molecule has 0 aliphatic carbocycles. The van der Waals surface area contributed by atoms with Crippen molar-refractivity contribution in [2.24, 2.45) is 10.7 Å². The molecule has 18 heavy (non-hydrogen) atoms. The van der Waals surface area contributed by atoms with E-state index in [1.807, 2.05) is 24.3 Å². The van der Waals surface area contributed by atoms with E-state index in [1.165, 1.54) is 5.56 Å². The van der Waals surface area contributed by atoms with Gasteiger partial charge in [-0.25, -0.2) is 0 Å². The summed E-state index contributed by atoms with van der Waals surface area (Å²) in [6.07, 6.45) is 2.77. The molecule has 1 aromatic rings. The molecule has 0 saturated heterocycles. The summed E-state index contributed by atoms with van der Waals surface area (Å²) >= 11 is 0.